The van der Waals surface area contributed by atoms with Gasteiger partial charge >= 0.3 is 0 Å². The maximum atomic E-state index is 6.19. The number of nitrogens with one attached hydrogen (secondary N) is 1. The van der Waals surface area contributed by atoms with Crippen LogP contribution in [0.15, 0.2) is 18.2 Å². The average molecular weight is 308 g/mol. The molecule has 23 heavy (non-hydrogen) atoms. The SMILES string of the molecule is CCCCc1nc2c([nH]1)c(N)nc1cc(C3CCCC3)ccc12. The van der Waals surface area contributed by atoms with E-state index < -0.39 is 0 Å². The zero-order valence-corrected chi connectivity index (χ0v) is 13.7. The first-order valence-corrected chi connectivity index (χ1v) is 8.84. The first-order chi connectivity index (χ1) is 11.3. The lowest BCUT2D eigenvalue weighted by Crippen LogP contribution is -1.96. The summed E-state index contributed by atoms with van der Waals surface area (Å²) in [7, 11) is 0. The Hall–Kier alpha value is -2.10. The molecule has 4 rings (SSSR count). The number of hydrogen-bond donors (Lipinski definition) is 2. The van der Waals surface area contributed by atoms with Gasteiger partial charge in [0.1, 0.15) is 22.7 Å². The van der Waals surface area contributed by atoms with Gasteiger partial charge in [-0.1, -0.05) is 38.3 Å². The number of unbranched alkanes of at least 4 members (excludes halogenated alkanes) is 1. The van der Waals surface area contributed by atoms with Gasteiger partial charge in [0.2, 0.25) is 0 Å². The Kier molecular flexibility index (Phi) is 3.68. The Labute approximate surface area is 136 Å². The van der Waals surface area contributed by atoms with E-state index in [-0.39, 0.29) is 0 Å². The van der Waals surface area contributed by atoms with Gasteiger partial charge in [-0.2, -0.15) is 0 Å². The highest BCUT2D eigenvalue weighted by atomic mass is 15.0. The lowest BCUT2D eigenvalue weighted by Gasteiger charge is -2.10. The first kappa shape index (κ1) is 14.5. The Bertz CT molecular complexity index is 843. The van der Waals surface area contributed by atoms with Gasteiger partial charge in [-0.25, -0.2) is 9.97 Å². The number of nitrogens with zero attached hydrogens (tertiary/aromatic N) is 2. The van der Waals surface area contributed by atoms with Gasteiger partial charge < -0.3 is 10.7 Å². The number of fused-ring (bicyclic) bond motifs is 3. The molecule has 1 aromatic carbocycles. The molecular weight excluding hydrogens is 284 g/mol. The highest BCUT2D eigenvalue weighted by Gasteiger charge is 2.18. The number of nitrogens with two attached hydrogens (primary N) is 1. The van der Waals surface area contributed by atoms with Gasteiger partial charge in [0, 0.05) is 11.8 Å². The second-order valence-corrected chi connectivity index (χ2v) is 6.77. The molecule has 120 valence electrons. The van der Waals surface area contributed by atoms with E-state index in [0.29, 0.717) is 11.7 Å². The molecule has 0 bridgehead atoms. The molecule has 3 N–H and O–H groups in total. The van der Waals surface area contributed by atoms with Crippen LogP contribution in [0.1, 0.15) is 62.8 Å². The predicted molar refractivity (Wildman–Crippen MR) is 95.6 cm³/mol. The van der Waals surface area contributed by atoms with Crippen LogP contribution >= 0.6 is 0 Å². The van der Waals surface area contributed by atoms with Gasteiger partial charge in [0.25, 0.3) is 0 Å². The topological polar surface area (TPSA) is 67.6 Å². The van der Waals surface area contributed by atoms with Crippen LogP contribution in [-0.2, 0) is 6.42 Å². The molecule has 1 fully saturated rings. The van der Waals surface area contributed by atoms with Crippen LogP contribution in [0.5, 0.6) is 0 Å². The van der Waals surface area contributed by atoms with E-state index in [1.807, 2.05) is 0 Å². The Balaban J connectivity index is 1.82. The van der Waals surface area contributed by atoms with E-state index in [1.165, 1.54) is 31.2 Å². The predicted octanol–water partition coefficient (Wildman–Crippen LogP) is 4.69. The number of H-pyrrole nitrogens is 1. The van der Waals surface area contributed by atoms with Crippen LogP contribution < -0.4 is 5.73 Å². The second-order valence-electron chi connectivity index (χ2n) is 6.77. The van der Waals surface area contributed by atoms with Crippen LogP contribution in [0.25, 0.3) is 21.9 Å². The van der Waals surface area contributed by atoms with Crippen molar-refractivity contribution in [2.45, 2.75) is 57.8 Å². The van der Waals surface area contributed by atoms with Crippen LogP contribution in [0.4, 0.5) is 5.82 Å². The zero-order valence-electron chi connectivity index (χ0n) is 13.7. The van der Waals surface area contributed by atoms with Crippen LogP contribution in [0.3, 0.4) is 0 Å². The normalized spacial score (nSPS) is 15.9. The van der Waals surface area contributed by atoms with Crippen molar-refractivity contribution in [2.75, 3.05) is 5.73 Å². The summed E-state index contributed by atoms with van der Waals surface area (Å²) in [6.45, 7) is 2.19. The number of rotatable bonds is 4. The maximum Gasteiger partial charge on any atom is 0.150 e. The minimum Gasteiger partial charge on any atom is -0.382 e. The fraction of sp³-hybridized carbons (Fsp3) is 0.474. The summed E-state index contributed by atoms with van der Waals surface area (Å²) >= 11 is 0. The first-order valence-electron chi connectivity index (χ1n) is 8.84. The molecule has 0 unspecified atom stereocenters. The summed E-state index contributed by atoms with van der Waals surface area (Å²) in [6.07, 6.45) is 8.55. The van der Waals surface area contributed by atoms with E-state index in [9.17, 15) is 0 Å². The van der Waals surface area contributed by atoms with Gasteiger partial charge in [-0.05, 0) is 36.8 Å². The molecule has 4 heteroatoms. The number of aryl methyl sites for hydroxylation is 1. The Morgan fingerprint density at radius 2 is 2.04 bits per heavy atom. The molecule has 0 atom stereocenters. The number of aromatic amines is 1. The molecule has 1 saturated carbocycles. The summed E-state index contributed by atoms with van der Waals surface area (Å²) in [5.41, 5.74) is 10.4. The average Bonchev–Trinajstić information content (AvgIpc) is 3.22. The van der Waals surface area contributed by atoms with Gasteiger partial charge in [0.15, 0.2) is 0 Å². The van der Waals surface area contributed by atoms with Gasteiger partial charge in [-0.3, -0.25) is 0 Å². The van der Waals surface area contributed by atoms with Crippen molar-refractivity contribution in [1.82, 2.24) is 15.0 Å². The number of nitrogen functional groups attached to an aromatic ring is 1. The summed E-state index contributed by atoms with van der Waals surface area (Å²) in [6, 6.07) is 6.67. The molecule has 2 aromatic heterocycles. The Morgan fingerprint density at radius 3 is 2.83 bits per heavy atom. The fourth-order valence-corrected chi connectivity index (χ4v) is 3.81. The van der Waals surface area contributed by atoms with E-state index in [0.717, 1.165) is 47.0 Å². The highest BCUT2D eigenvalue weighted by Crippen LogP contribution is 2.36. The van der Waals surface area contributed by atoms with Crippen molar-refractivity contribution < 1.29 is 0 Å². The number of pyridine rings is 1. The van der Waals surface area contributed by atoms with Crippen LogP contribution in [0, 0.1) is 0 Å². The Morgan fingerprint density at radius 1 is 1.22 bits per heavy atom. The summed E-state index contributed by atoms with van der Waals surface area (Å²) in [5.74, 6) is 2.27. The number of benzene rings is 1. The monoisotopic (exact) mass is 308 g/mol. The maximum absolute atomic E-state index is 6.19. The third-order valence-electron chi connectivity index (χ3n) is 5.12. The standard InChI is InChI=1S/C19H24N4/c1-2-3-8-16-22-17-14-10-9-13(12-6-4-5-7-12)11-15(14)21-19(20)18(17)23-16/h9-12H,2-8H2,1H3,(H2,20,21)(H,22,23). The molecule has 3 aromatic rings. The lowest BCUT2D eigenvalue weighted by atomic mass is 9.96. The minimum absolute atomic E-state index is 0.561. The van der Waals surface area contributed by atoms with Gasteiger partial charge in [-0.15, -0.1) is 0 Å². The van der Waals surface area contributed by atoms with Crippen LogP contribution in [-0.4, -0.2) is 15.0 Å². The molecule has 0 amide bonds. The molecule has 0 saturated heterocycles. The quantitative estimate of drug-likeness (QED) is 0.734. The minimum atomic E-state index is 0.561. The smallest absolute Gasteiger partial charge is 0.150 e. The number of imidazole rings is 1. The van der Waals surface area contributed by atoms with Crippen molar-refractivity contribution >= 4 is 27.8 Å². The molecule has 0 aliphatic heterocycles. The third kappa shape index (κ3) is 2.56. The highest BCUT2D eigenvalue weighted by molar-refractivity contribution is 6.06. The van der Waals surface area contributed by atoms with Crippen molar-refractivity contribution in [3.63, 3.8) is 0 Å². The number of anilines is 1. The molecule has 4 nitrogen and oxygen atoms in total. The summed E-state index contributed by atoms with van der Waals surface area (Å²) in [5, 5.41) is 1.11. The lowest BCUT2D eigenvalue weighted by molar-refractivity contribution is 0.724. The molecule has 0 radical (unpaired) electrons. The summed E-state index contributed by atoms with van der Waals surface area (Å²) in [4.78, 5) is 12.8. The molecular formula is C19H24N4. The molecule has 1 aliphatic carbocycles. The van der Waals surface area contributed by atoms with Crippen molar-refractivity contribution in [3.05, 3.63) is 29.6 Å². The van der Waals surface area contributed by atoms with Crippen molar-refractivity contribution in [1.29, 1.82) is 0 Å². The fourth-order valence-electron chi connectivity index (χ4n) is 3.81. The third-order valence-corrected chi connectivity index (χ3v) is 5.12. The van der Waals surface area contributed by atoms with Gasteiger partial charge in [0.05, 0.1) is 5.52 Å². The summed E-state index contributed by atoms with van der Waals surface area (Å²) < 4.78 is 0. The largest absolute Gasteiger partial charge is 0.382 e. The van der Waals surface area contributed by atoms with Crippen LogP contribution in [0.2, 0.25) is 0 Å². The van der Waals surface area contributed by atoms with Crippen molar-refractivity contribution in [2.24, 2.45) is 0 Å². The zero-order chi connectivity index (χ0) is 15.8. The number of hydrogen-bond acceptors (Lipinski definition) is 3. The van der Waals surface area contributed by atoms with E-state index in [2.05, 4.69) is 35.1 Å². The van der Waals surface area contributed by atoms with E-state index >= 15 is 0 Å². The van der Waals surface area contributed by atoms with Crippen molar-refractivity contribution in [3.8, 4) is 0 Å². The second kappa shape index (κ2) is 5.84. The number of aromatic nitrogens is 3. The van der Waals surface area contributed by atoms with E-state index in [4.69, 9.17) is 10.7 Å². The van der Waals surface area contributed by atoms with E-state index in [1.54, 1.807) is 0 Å². The molecule has 1 aliphatic rings. The molecule has 0 spiro atoms. The molecule has 2 heterocycles.